The molecule has 2 amide bonds. The number of aryl methyl sites for hydroxylation is 2. The molecule has 3 rings (SSSR count). The van der Waals surface area contributed by atoms with Crippen LogP contribution >= 0.6 is 0 Å². The molecular weight excluding hydrogens is 416 g/mol. The van der Waals surface area contributed by atoms with Gasteiger partial charge in [0.1, 0.15) is 17.5 Å². The van der Waals surface area contributed by atoms with E-state index in [1.807, 2.05) is 63.2 Å². The Morgan fingerprint density at radius 3 is 2.48 bits per heavy atom. The number of hydrogen-bond donors (Lipinski definition) is 1. The van der Waals surface area contributed by atoms with E-state index in [9.17, 15) is 9.59 Å². The molecule has 2 aromatic rings. The summed E-state index contributed by atoms with van der Waals surface area (Å²) in [6.07, 6.45) is 4.80. The lowest BCUT2D eigenvalue weighted by Crippen LogP contribution is -2.52. The van der Waals surface area contributed by atoms with Crippen molar-refractivity contribution in [2.75, 3.05) is 13.7 Å². The second-order valence-electron chi connectivity index (χ2n) is 8.82. The van der Waals surface area contributed by atoms with E-state index in [4.69, 9.17) is 9.47 Å². The summed E-state index contributed by atoms with van der Waals surface area (Å²) in [6.45, 7) is 6.17. The lowest BCUT2D eigenvalue weighted by Gasteiger charge is -2.31. The first-order valence-electron chi connectivity index (χ1n) is 11.8. The number of amides is 2. The number of ether oxygens (including phenoxy) is 2. The van der Waals surface area contributed by atoms with Crippen molar-refractivity contribution in [1.29, 1.82) is 0 Å². The molecule has 0 aliphatic heterocycles. The van der Waals surface area contributed by atoms with Gasteiger partial charge in [-0.05, 0) is 74.1 Å². The molecule has 1 fully saturated rings. The topological polar surface area (TPSA) is 67.9 Å². The molecule has 0 bridgehead atoms. The van der Waals surface area contributed by atoms with Crippen molar-refractivity contribution < 1.29 is 19.1 Å². The number of carbonyl (C=O) groups excluding carboxylic acids is 2. The van der Waals surface area contributed by atoms with E-state index in [1.54, 1.807) is 12.0 Å². The van der Waals surface area contributed by atoms with Crippen LogP contribution in [0.3, 0.4) is 0 Å². The first-order chi connectivity index (χ1) is 15.9. The number of hydrogen-bond acceptors (Lipinski definition) is 4. The molecule has 6 nitrogen and oxygen atoms in total. The van der Waals surface area contributed by atoms with Crippen molar-refractivity contribution in [2.24, 2.45) is 0 Å². The van der Waals surface area contributed by atoms with Crippen LogP contribution < -0.4 is 14.8 Å². The van der Waals surface area contributed by atoms with E-state index in [0.29, 0.717) is 18.7 Å². The Morgan fingerprint density at radius 1 is 1.06 bits per heavy atom. The van der Waals surface area contributed by atoms with Gasteiger partial charge in [-0.3, -0.25) is 9.59 Å². The Hall–Kier alpha value is -3.02. The smallest absolute Gasteiger partial charge is 0.261 e. The third kappa shape index (κ3) is 6.73. The van der Waals surface area contributed by atoms with E-state index >= 15 is 0 Å². The number of nitrogens with one attached hydrogen (secondary N) is 1. The van der Waals surface area contributed by atoms with E-state index in [-0.39, 0.29) is 24.5 Å². The van der Waals surface area contributed by atoms with Gasteiger partial charge in [0.15, 0.2) is 6.61 Å². The van der Waals surface area contributed by atoms with Gasteiger partial charge in [0, 0.05) is 12.6 Å². The van der Waals surface area contributed by atoms with Crippen molar-refractivity contribution in [2.45, 2.75) is 71.5 Å². The van der Waals surface area contributed by atoms with Gasteiger partial charge in [-0.25, -0.2) is 0 Å². The molecule has 2 aromatic carbocycles. The molecule has 0 heterocycles. The summed E-state index contributed by atoms with van der Waals surface area (Å²) in [4.78, 5) is 28.2. The van der Waals surface area contributed by atoms with E-state index in [2.05, 4.69) is 5.32 Å². The highest BCUT2D eigenvalue weighted by Gasteiger charge is 2.31. The van der Waals surface area contributed by atoms with Crippen LogP contribution in [0.25, 0.3) is 0 Å². The highest BCUT2D eigenvalue weighted by molar-refractivity contribution is 5.88. The van der Waals surface area contributed by atoms with Gasteiger partial charge in [-0.1, -0.05) is 38.0 Å². The molecule has 0 spiro atoms. The molecular formula is C27H36N2O4. The molecule has 0 aromatic heterocycles. The summed E-state index contributed by atoms with van der Waals surface area (Å²) < 4.78 is 11.2. The van der Waals surface area contributed by atoms with Crippen molar-refractivity contribution in [3.63, 3.8) is 0 Å². The van der Waals surface area contributed by atoms with E-state index < -0.39 is 6.04 Å². The first-order valence-corrected chi connectivity index (χ1v) is 11.8. The standard InChI is InChI=1S/C27H36N2O4/c1-5-25(27(31)28-22-10-6-7-11-22)29(17-21-9-8-12-23(16-21)32-4)26(30)18-33-24-14-13-19(2)20(3)15-24/h8-9,12-16,22,25H,5-7,10-11,17-18H2,1-4H3,(H,28,31)/t25-/m0/s1. The zero-order valence-electron chi connectivity index (χ0n) is 20.2. The monoisotopic (exact) mass is 452 g/mol. The lowest BCUT2D eigenvalue weighted by molar-refractivity contribution is -0.143. The summed E-state index contributed by atoms with van der Waals surface area (Å²) in [7, 11) is 1.61. The van der Waals surface area contributed by atoms with Gasteiger partial charge < -0.3 is 19.7 Å². The quantitative estimate of drug-likeness (QED) is 0.574. The van der Waals surface area contributed by atoms with Crippen LogP contribution in [0.2, 0.25) is 0 Å². The zero-order chi connectivity index (χ0) is 23.8. The number of rotatable bonds is 10. The minimum atomic E-state index is -0.562. The molecule has 1 N–H and O–H groups in total. The van der Waals surface area contributed by atoms with Crippen molar-refractivity contribution in [1.82, 2.24) is 10.2 Å². The fourth-order valence-electron chi connectivity index (χ4n) is 4.29. The average Bonchev–Trinajstić information content (AvgIpc) is 3.32. The third-order valence-corrected chi connectivity index (χ3v) is 6.42. The second kappa shape index (κ2) is 11.7. The fourth-order valence-corrected chi connectivity index (χ4v) is 4.29. The summed E-state index contributed by atoms with van der Waals surface area (Å²) in [5, 5.41) is 3.16. The molecule has 1 aliphatic carbocycles. The number of methoxy groups -OCH3 is 1. The maximum atomic E-state index is 13.4. The molecule has 1 aliphatic rings. The van der Waals surface area contributed by atoms with Crippen LogP contribution in [0.1, 0.15) is 55.7 Å². The molecule has 6 heteroatoms. The number of carbonyl (C=O) groups is 2. The van der Waals surface area contributed by atoms with E-state index in [0.717, 1.165) is 42.6 Å². The SMILES string of the molecule is CC[C@@H](C(=O)NC1CCCC1)N(Cc1cccc(OC)c1)C(=O)COc1ccc(C)c(C)c1. The molecule has 1 saturated carbocycles. The Balaban J connectivity index is 1.78. The second-order valence-corrected chi connectivity index (χ2v) is 8.82. The molecule has 0 radical (unpaired) electrons. The van der Waals surface area contributed by atoms with Crippen LogP contribution in [0.5, 0.6) is 11.5 Å². The normalized spacial score (nSPS) is 14.5. The molecule has 33 heavy (non-hydrogen) atoms. The van der Waals surface area contributed by atoms with Crippen LogP contribution in [-0.4, -0.2) is 42.5 Å². The first kappa shape index (κ1) is 24.6. The minimum Gasteiger partial charge on any atom is -0.497 e. The Bertz CT molecular complexity index is 953. The van der Waals surface area contributed by atoms with Gasteiger partial charge in [-0.2, -0.15) is 0 Å². The average molecular weight is 453 g/mol. The highest BCUT2D eigenvalue weighted by atomic mass is 16.5. The highest BCUT2D eigenvalue weighted by Crippen LogP contribution is 2.21. The maximum Gasteiger partial charge on any atom is 0.261 e. The Kier molecular flexibility index (Phi) is 8.75. The van der Waals surface area contributed by atoms with Crippen molar-refractivity contribution in [3.05, 3.63) is 59.2 Å². The Morgan fingerprint density at radius 2 is 1.82 bits per heavy atom. The molecule has 0 unspecified atom stereocenters. The number of nitrogens with zero attached hydrogens (tertiary/aromatic N) is 1. The molecule has 1 atom stereocenters. The van der Waals surface area contributed by atoms with E-state index in [1.165, 1.54) is 5.56 Å². The number of benzene rings is 2. The zero-order valence-corrected chi connectivity index (χ0v) is 20.2. The summed E-state index contributed by atoms with van der Waals surface area (Å²) >= 11 is 0. The Labute approximate surface area is 197 Å². The summed E-state index contributed by atoms with van der Waals surface area (Å²) in [6, 6.07) is 13.0. The van der Waals surface area contributed by atoms with Gasteiger partial charge in [0.25, 0.3) is 5.91 Å². The lowest BCUT2D eigenvalue weighted by atomic mass is 10.1. The van der Waals surface area contributed by atoms with Gasteiger partial charge >= 0.3 is 0 Å². The van der Waals surface area contributed by atoms with Crippen LogP contribution in [0, 0.1) is 13.8 Å². The fraction of sp³-hybridized carbons (Fsp3) is 0.481. The predicted molar refractivity (Wildman–Crippen MR) is 129 cm³/mol. The van der Waals surface area contributed by atoms with Gasteiger partial charge in [-0.15, -0.1) is 0 Å². The largest absolute Gasteiger partial charge is 0.497 e. The van der Waals surface area contributed by atoms with Crippen LogP contribution in [0.4, 0.5) is 0 Å². The molecule has 178 valence electrons. The molecule has 0 saturated heterocycles. The predicted octanol–water partition coefficient (Wildman–Crippen LogP) is 4.56. The van der Waals surface area contributed by atoms with Crippen molar-refractivity contribution in [3.8, 4) is 11.5 Å². The van der Waals surface area contributed by atoms with Gasteiger partial charge in [0.05, 0.1) is 7.11 Å². The summed E-state index contributed by atoms with van der Waals surface area (Å²) in [5.41, 5.74) is 3.18. The maximum absolute atomic E-state index is 13.4. The van der Waals surface area contributed by atoms with Crippen LogP contribution in [-0.2, 0) is 16.1 Å². The van der Waals surface area contributed by atoms with Gasteiger partial charge in [0.2, 0.25) is 5.91 Å². The van der Waals surface area contributed by atoms with Crippen LogP contribution in [0.15, 0.2) is 42.5 Å². The third-order valence-electron chi connectivity index (χ3n) is 6.42. The summed E-state index contributed by atoms with van der Waals surface area (Å²) in [5.74, 6) is 1.06. The minimum absolute atomic E-state index is 0.0909. The van der Waals surface area contributed by atoms with Crippen molar-refractivity contribution >= 4 is 11.8 Å².